The second-order valence-electron chi connectivity index (χ2n) is 4.83. The van der Waals surface area contributed by atoms with Crippen molar-refractivity contribution in [1.29, 1.82) is 0 Å². The van der Waals surface area contributed by atoms with Crippen LogP contribution in [-0.2, 0) is 4.57 Å². The lowest BCUT2D eigenvalue weighted by molar-refractivity contribution is 0.243. The second kappa shape index (κ2) is 6.21. The van der Waals surface area contributed by atoms with Crippen LogP contribution in [0.3, 0.4) is 0 Å². The summed E-state index contributed by atoms with van der Waals surface area (Å²) in [6.45, 7) is 3.50. The molecule has 1 unspecified atom stereocenters. The van der Waals surface area contributed by atoms with Gasteiger partial charge in [0.1, 0.15) is 0 Å². The van der Waals surface area contributed by atoms with Gasteiger partial charge in [-0.25, -0.2) is 0 Å². The average Bonchev–Trinajstić information content (AvgIpc) is 2.47. The predicted molar refractivity (Wildman–Crippen MR) is 85.2 cm³/mol. The van der Waals surface area contributed by atoms with Gasteiger partial charge < -0.3 is 9.67 Å². The highest BCUT2D eigenvalue weighted by Crippen LogP contribution is 2.51. The molecule has 104 valence electrons. The van der Waals surface area contributed by atoms with E-state index in [9.17, 15) is 9.67 Å². The highest BCUT2D eigenvalue weighted by Gasteiger charge is 2.29. The number of aliphatic hydroxyl groups is 1. The van der Waals surface area contributed by atoms with Crippen LogP contribution in [0.5, 0.6) is 0 Å². The van der Waals surface area contributed by atoms with E-state index in [0.717, 1.165) is 10.6 Å². The molecule has 0 spiro atoms. The highest BCUT2D eigenvalue weighted by atomic mass is 31.2. The molecule has 1 atom stereocenters. The van der Waals surface area contributed by atoms with Gasteiger partial charge in [0.2, 0.25) is 0 Å². The van der Waals surface area contributed by atoms with Crippen molar-refractivity contribution in [3.8, 4) is 0 Å². The molecule has 0 aliphatic carbocycles. The van der Waals surface area contributed by atoms with Gasteiger partial charge in [0.05, 0.1) is 6.10 Å². The van der Waals surface area contributed by atoms with Crippen molar-refractivity contribution >= 4 is 17.8 Å². The molecule has 0 fully saturated rings. The second-order valence-corrected chi connectivity index (χ2v) is 7.79. The summed E-state index contributed by atoms with van der Waals surface area (Å²) in [6, 6.07) is 18.9. The Bertz CT molecular complexity index is 587. The smallest absolute Gasteiger partial charge is 0.166 e. The number of aliphatic hydroxyl groups excluding tert-OH is 1. The zero-order valence-corrected chi connectivity index (χ0v) is 12.6. The van der Waals surface area contributed by atoms with Crippen molar-refractivity contribution in [3.63, 3.8) is 0 Å². The summed E-state index contributed by atoms with van der Waals surface area (Å²) in [4.78, 5) is 0. The van der Waals surface area contributed by atoms with E-state index in [1.54, 1.807) is 13.0 Å². The van der Waals surface area contributed by atoms with E-state index in [-0.39, 0.29) is 0 Å². The predicted octanol–water partition coefficient (Wildman–Crippen LogP) is 3.29. The van der Waals surface area contributed by atoms with E-state index in [1.807, 2.05) is 67.6 Å². The number of hydrogen-bond donors (Lipinski definition) is 1. The first-order chi connectivity index (χ1) is 9.55. The van der Waals surface area contributed by atoms with Crippen molar-refractivity contribution in [3.05, 3.63) is 72.1 Å². The largest absolute Gasteiger partial charge is 0.389 e. The fraction of sp³-hybridized carbons (Fsp3) is 0.176. The van der Waals surface area contributed by atoms with Gasteiger partial charge in [-0.1, -0.05) is 60.7 Å². The fourth-order valence-electron chi connectivity index (χ4n) is 2.29. The minimum Gasteiger partial charge on any atom is -0.389 e. The number of hydrogen-bond acceptors (Lipinski definition) is 2. The van der Waals surface area contributed by atoms with Crippen LogP contribution >= 0.6 is 7.14 Å². The summed E-state index contributed by atoms with van der Waals surface area (Å²) >= 11 is 0. The van der Waals surface area contributed by atoms with Crippen molar-refractivity contribution in [2.45, 2.75) is 20.0 Å². The van der Waals surface area contributed by atoms with E-state index in [2.05, 4.69) is 0 Å². The van der Waals surface area contributed by atoms with E-state index < -0.39 is 13.2 Å². The maximum atomic E-state index is 13.7. The third-order valence-corrected chi connectivity index (χ3v) is 6.41. The molecule has 0 radical (unpaired) electrons. The number of benzene rings is 2. The summed E-state index contributed by atoms with van der Waals surface area (Å²) in [5.41, 5.74) is 0. The Labute approximate surface area is 120 Å². The summed E-state index contributed by atoms with van der Waals surface area (Å²) in [7, 11) is -2.87. The SMILES string of the molecule is C/C(=C\C(C)O)P(=O)(c1ccccc1)c1ccccc1. The van der Waals surface area contributed by atoms with Gasteiger partial charge in [-0.15, -0.1) is 0 Å². The van der Waals surface area contributed by atoms with Crippen LogP contribution < -0.4 is 10.6 Å². The van der Waals surface area contributed by atoms with Crippen LogP contribution in [-0.4, -0.2) is 11.2 Å². The molecular formula is C17H19O2P. The van der Waals surface area contributed by atoms with Crippen LogP contribution in [0, 0.1) is 0 Å². The zero-order chi connectivity index (χ0) is 14.6. The van der Waals surface area contributed by atoms with E-state index >= 15 is 0 Å². The Kier molecular flexibility index (Phi) is 4.59. The van der Waals surface area contributed by atoms with Crippen LogP contribution in [0.25, 0.3) is 0 Å². The van der Waals surface area contributed by atoms with E-state index in [0.29, 0.717) is 5.31 Å². The van der Waals surface area contributed by atoms with Crippen molar-refractivity contribution < 1.29 is 9.67 Å². The van der Waals surface area contributed by atoms with Gasteiger partial charge in [-0.2, -0.15) is 0 Å². The van der Waals surface area contributed by atoms with Crippen molar-refractivity contribution in [1.82, 2.24) is 0 Å². The fourth-order valence-corrected chi connectivity index (χ4v) is 5.01. The Hall–Kier alpha value is -1.63. The maximum Gasteiger partial charge on any atom is 0.166 e. The summed E-state index contributed by atoms with van der Waals surface area (Å²) < 4.78 is 13.7. The van der Waals surface area contributed by atoms with Gasteiger partial charge >= 0.3 is 0 Å². The van der Waals surface area contributed by atoms with Gasteiger partial charge in [-0.05, 0) is 25.2 Å². The van der Waals surface area contributed by atoms with Gasteiger partial charge in [-0.3, -0.25) is 0 Å². The molecule has 2 nitrogen and oxygen atoms in total. The number of allylic oxidation sites excluding steroid dienone is 1. The first-order valence-electron chi connectivity index (χ1n) is 6.63. The first kappa shape index (κ1) is 14.8. The molecular weight excluding hydrogens is 267 g/mol. The lowest BCUT2D eigenvalue weighted by Gasteiger charge is -2.20. The molecule has 0 aromatic heterocycles. The summed E-state index contributed by atoms with van der Waals surface area (Å²) in [5, 5.41) is 11.9. The maximum absolute atomic E-state index is 13.7. The third kappa shape index (κ3) is 2.92. The lowest BCUT2D eigenvalue weighted by atomic mass is 10.3. The standard InChI is InChI=1S/C17H19O2P/c1-14(18)13-15(2)20(19,16-9-5-3-6-10-16)17-11-7-4-8-12-17/h3-14,18H,1-2H3/b15-13+. The summed E-state index contributed by atoms with van der Waals surface area (Å²) in [6.07, 6.45) is 1.05. The highest BCUT2D eigenvalue weighted by molar-refractivity contribution is 7.82. The monoisotopic (exact) mass is 286 g/mol. The molecule has 0 bridgehead atoms. The normalized spacial score (nSPS) is 14.1. The van der Waals surface area contributed by atoms with Crippen LogP contribution in [0.15, 0.2) is 72.1 Å². The van der Waals surface area contributed by atoms with Gasteiger partial charge in [0, 0.05) is 10.6 Å². The van der Waals surface area contributed by atoms with Crippen molar-refractivity contribution in [2.24, 2.45) is 0 Å². The molecule has 0 heterocycles. The number of rotatable bonds is 4. The average molecular weight is 286 g/mol. The minimum atomic E-state index is -2.87. The summed E-state index contributed by atoms with van der Waals surface area (Å²) in [5.74, 6) is 0. The molecule has 0 aliphatic rings. The first-order valence-corrected chi connectivity index (χ1v) is 8.34. The Morgan fingerprint density at radius 1 is 1.00 bits per heavy atom. The van der Waals surface area contributed by atoms with Gasteiger partial charge in [0.25, 0.3) is 0 Å². The molecule has 2 rings (SSSR count). The molecule has 3 heteroatoms. The molecule has 2 aromatic carbocycles. The van der Waals surface area contributed by atoms with Crippen LogP contribution in [0.2, 0.25) is 0 Å². The molecule has 0 aliphatic heterocycles. The van der Waals surface area contributed by atoms with Gasteiger partial charge in [0.15, 0.2) is 7.14 Å². The Morgan fingerprint density at radius 2 is 1.40 bits per heavy atom. The molecule has 0 amide bonds. The molecule has 0 saturated carbocycles. The Balaban J connectivity index is 2.65. The van der Waals surface area contributed by atoms with Crippen LogP contribution in [0.4, 0.5) is 0 Å². The van der Waals surface area contributed by atoms with E-state index in [4.69, 9.17) is 0 Å². The minimum absolute atomic E-state index is 0.615. The third-order valence-electron chi connectivity index (χ3n) is 3.22. The lowest BCUT2D eigenvalue weighted by Crippen LogP contribution is -2.17. The molecule has 20 heavy (non-hydrogen) atoms. The van der Waals surface area contributed by atoms with Crippen molar-refractivity contribution in [2.75, 3.05) is 0 Å². The molecule has 1 N–H and O–H groups in total. The zero-order valence-electron chi connectivity index (χ0n) is 11.7. The Morgan fingerprint density at radius 3 is 1.75 bits per heavy atom. The quantitative estimate of drug-likeness (QED) is 0.876. The topological polar surface area (TPSA) is 37.3 Å². The molecule has 2 aromatic rings. The van der Waals surface area contributed by atoms with E-state index in [1.165, 1.54) is 0 Å². The molecule has 0 saturated heterocycles. The van der Waals surface area contributed by atoms with Crippen LogP contribution in [0.1, 0.15) is 13.8 Å².